The number of methoxy groups -OCH3 is 1. The third kappa shape index (κ3) is 5.97. The van der Waals surface area contributed by atoms with E-state index in [1.54, 1.807) is 4.90 Å². The van der Waals surface area contributed by atoms with Crippen molar-refractivity contribution in [3.05, 3.63) is 35.9 Å². The van der Waals surface area contributed by atoms with Gasteiger partial charge < -0.3 is 25.0 Å². The number of nitrogens with zero attached hydrogens (tertiary/aromatic N) is 1. The van der Waals surface area contributed by atoms with Crippen LogP contribution in [-0.4, -0.2) is 60.7 Å². The molecule has 1 unspecified atom stereocenters. The number of likely N-dealkylation sites (tertiary alicyclic amines) is 1. The first-order chi connectivity index (χ1) is 14.9. The molecule has 1 aliphatic heterocycles. The lowest BCUT2D eigenvalue weighted by molar-refractivity contribution is -0.151. The molecule has 8 heteroatoms. The Balaban J connectivity index is 1.57. The molecule has 0 spiro atoms. The van der Waals surface area contributed by atoms with E-state index < -0.39 is 12.1 Å². The number of alkyl carbamates (subject to hydrolysis) is 1. The van der Waals surface area contributed by atoms with Gasteiger partial charge in [-0.1, -0.05) is 44.2 Å². The summed E-state index contributed by atoms with van der Waals surface area (Å²) in [7, 11) is 1.39. The molecular formula is C23H33N3O5. The number of esters is 1. The van der Waals surface area contributed by atoms with Crippen LogP contribution in [0.15, 0.2) is 30.3 Å². The van der Waals surface area contributed by atoms with Gasteiger partial charge in [-0.2, -0.15) is 0 Å². The molecule has 8 nitrogen and oxygen atoms in total. The molecule has 3 rings (SSSR count). The fraction of sp³-hybridized carbons (Fsp3) is 0.609. The second-order valence-corrected chi connectivity index (χ2v) is 8.61. The number of carbonyl (C=O) groups is 3. The van der Waals surface area contributed by atoms with Crippen molar-refractivity contribution in [2.75, 3.05) is 13.7 Å². The van der Waals surface area contributed by atoms with Gasteiger partial charge in [0.25, 0.3) is 0 Å². The zero-order valence-corrected chi connectivity index (χ0v) is 18.5. The van der Waals surface area contributed by atoms with Gasteiger partial charge in [0, 0.05) is 24.7 Å². The first kappa shape index (κ1) is 23.1. The quantitative estimate of drug-likeness (QED) is 0.643. The minimum atomic E-state index is -0.631. The summed E-state index contributed by atoms with van der Waals surface area (Å²) in [5.41, 5.74) is 0.879. The first-order valence-corrected chi connectivity index (χ1v) is 11.0. The Morgan fingerprint density at radius 3 is 2.58 bits per heavy atom. The lowest BCUT2D eigenvalue weighted by Crippen LogP contribution is -2.53. The minimum Gasteiger partial charge on any atom is -0.469 e. The fourth-order valence-electron chi connectivity index (χ4n) is 4.63. The molecule has 2 aliphatic rings. The highest BCUT2D eigenvalue weighted by Gasteiger charge is 2.45. The summed E-state index contributed by atoms with van der Waals surface area (Å²) < 4.78 is 10.3. The molecule has 1 saturated heterocycles. The van der Waals surface area contributed by atoms with Crippen LogP contribution in [-0.2, 0) is 25.7 Å². The Hall–Kier alpha value is -2.61. The smallest absolute Gasteiger partial charge is 0.408 e. The van der Waals surface area contributed by atoms with Crippen molar-refractivity contribution < 1.29 is 23.9 Å². The van der Waals surface area contributed by atoms with Gasteiger partial charge in [-0.05, 0) is 31.2 Å². The van der Waals surface area contributed by atoms with Gasteiger partial charge in [-0.25, -0.2) is 4.79 Å². The molecule has 0 radical (unpaired) electrons. The van der Waals surface area contributed by atoms with E-state index in [1.165, 1.54) is 7.11 Å². The summed E-state index contributed by atoms with van der Waals surface area (Å²) in [6.45, 7) is 4.81. The van der Waals surface area contributed by atoms with E-state index in [0.717, 1.165) is 18.4 Å². The number of benzene rings is 1. The summed E-state index contributed by atoms with van der Waals surface area (Å²) in [6.07, 6.45) is 2.13. The maximum absolute atomic E-state index is 13.0. The zero-order valence-electron chi connectivity index (χ0n) is 18.5. The normalized spacial score (nSPS) is 26.1. The number of amides is 2. The highest BCUT2D eigenvalue weighted by molar-refractivity contribution is 5.88. The van der Waals surface area contributed by atoms with Gasteiger partial charge in [0.1, 0.15) is 12.6 Å². The van der Waals surface area contributed by atoms with Crippen molar-refractivity contribution in [3.63, 3.8) is 0 Å². The molecule has 2 amide bonds. The van der Waals surface area contributed by atoms with E-state index in [4.69, 9.17) is 9.47 Å². The maximum atomic E-state index is 13.0. The van der Waals surface area contributed by atoms with Crippen LogP contribution in [0.2, 0.25) is 0 Å². The second kappa shape index (κ2) is 10.6. The number of hydrogen-bond acceptors (Lipinski definition) is 6. The van der Waals surface area contributed by atoms with Crippen LogP contribution in [0.25, 0.3) is 0 Å². The summed E-state index contributed by atoms with van der Waals surface area (Å²) in [5, 5.41) is 6.17. The average molecular weight is 432 g/mol. The minimum absolute atomic E-state index is 0.147. The van der Waals surface area contributed by atoms with E-state index in [1.807, 2.05) is 30.3 Å². The largest absolute Gasteiger partial charge is 0.469 e. The van der Waals surface area contributed by atoms with E-state index in [2.05, 4.69) is 24.5 Å². The third-order valence-corrected chi connectivity index (χ3v) is 6.03. The molecule has 2 fully saturated rings. The Kier molecular flexibility index (Phi) is 7.90. The van der Waals surface area contributed by atoms with Crippen LogP contribution < -0.4 is 10.6 Å². The van der Waals surface area contributed by atoms with Crippen LogP contribution in [0.3, 0.4) is 0 Å². The lowest BCUT2D eigenvalue weighted by Gasteiger charge is -2.40. The van der Waals surface area contributed by atoms with Crippen molar-refractivity contribution in [1.29, 1.82) is 0 Å². The predicted molar refractivity (Wildman–Crippen MR) is 115 cm³/mol. The maximum Gasteiger partial charge on any atom is 0.408 e. The topological polar surface area (TPSA) is 97.0 Å². The van der Waals surface area contributed by atoms with Gasteiger partial charge in [-0.3, -0.25) is 9.59 Å². The predicted octanol–water partition coefficient (Wildman–Crippen LogP) is 2.22. The summed E-state index contributed by atoms with van der Waals surface area (Å²) in [6, 6.07) is 9.08. The molecule has 1 aromatic rings. The van der Waals surface area contributed by atoms with Crippen molar-refractivity contribution in [2.24, 2.45) is 5.92 Å². The summed E-state index contributed by atoms with van der Waals surface area (Å²) in [4.78, 5) is 39.4. The summed E-state index contributed by atoms with van der Waals surface area (Å²) >= 11 is 0. The molecule has 1 heterocycles. The molecular weight excluding hydrogens is 398 g/mol. The van der Waals surface area contributed by atoms with Crippen LogP contribution in [0, 0.1) is 5.92 Å². The highest BCUT2D eigenvalue weighted by atomic mass is 16.5. The molecule has 0 aromatic heterocycles. The fourth-order valence-corrected chi connectivity index (χ4v) is 4.63. The Bertz CT molecular complexity index is 770. The van der Waals surface area contributed by atoms with Crippen LogP contribution in [0.1, 0.15) is 45.1 Å². The van der Waals surface area contributed by atoms with Crippen LogP contribution >= 0.6 is 0 Å². The number of ether oxygens (including phenoxy) is 2. The van der Waals surface area contributed by atoms with Crippen molar-refractivity contribution in [3.8, 4) is 0 Å². The van der Waals surface area contributed by atoms with E-state index >= 15 is 0 Å². The van der Waals surface area contributed by atoms with E-state index in [0.29, 0.717) is 25.4 Å². The Labute approximate surface area is 183 Å². The van der Waals surface area contributed by atoms with Gasteiger partial charge in [0.2, 0.25) is 5.91 Å². The third-order valence-electron chi connectivity index (χ3n) is 6.03. The van der Waals surface area contributed by atoms with Crippen molar-refractivity contribution in [1.82, 2.24) is 15.5 Å². The van der Waals surface area contributed by atoms with E-state index in [-0.39, 0.29) is 36.5 Å². The molecule has 1 aromatic carbocycles. The number of hydrogen-bond donors (Lipinski definition) is 2. The monoisotopic (exact) mass is 431 g/mol. The van der Waals surface area contributed by atoms with Crippen LogP contribution in [0.5, 0.6) is 0 Å². The Morgan fingerprint density at radius 1 is 1.16 bits per heavy atom. The standard InChI is InChI=1S/C23H33N3O5/c1-15(2)24-17-9-10-20(18(13-17)22(28)30-3)26-12-11-19(21(26)27)25-23(29)31-14-16-7-5-4-6-8-16/h4-8,15,17-20,24H,9-14H2,1-3H3,(H,25,29)/t17-,18+,19?,20+/m1/s1. The molecule has 4 atom stereocenters. The van der Waals surface area contributed by atoms with E-state index in [9.17, 15) is 14.4 Å². The Morgan fingerprint density at radius 2 is 1.90 bits per heavy atom. The second-order valence-electron chi connectivity index (χ2n) is 8.61. The SMILES string of the molecule is COC(=O)[C@H]1C[C@H](NC(C)C)CC[C@@H]1N1CCC(NC(=O)OCc2ccccc2)C1=O. The first-order valence-electron chi connectivity index (χ1n) is 11.0. The van der Waals surface area contributed by atoms with Crippen molar-refractivity contribution >= 4 is 18.0 Å². The lowest BCUT2D eigenvalue weighted by atomic mass is 9.80. The van der Waals surface area contributed by atoms with Crippen LogP contribution in [0.4, 0.5) is 4.79 Å². The molecule has 0 bridgehead atoms. The number of rotatable bonds is 7. The molecule has 170 valence electrons. The van der Waals surface area contributed by atoms with Gasteiger partial charge in [0.15, 0.2) is 0 Å². The molecule has 1 saturated carbocycles. The molecule has 2 N–H and O–H groups in total. The molecule has 31 heavy (non-hydrogen) atoms. The highest BCUT2D eigenvalue weighted by Crippen LogP contribution is 2.32. The van der Waals surface area contributed by atoms with Crippen molar-refractivity contribution in [2.45, 2.75) is 70.3 Å². The average Bonchev–Trinajstić information content (AvgIpc) is 3.12. The molecule has 1 aliphatic carbocycles. The van der Waals surface area contributed by atoms with Gasteiger partial charge >= 0.3 is 12.1 Å². The summed E-state index contributed by atoms with van der Waals surface area (Å²) in [5.74, 6) is -0.819. The zero-order chi connectivity index (χ0) is 22.4. The number of nitrogens with one attached hydrogen (secondary N) is 2. The number of carbonyl (C=O) groups excluding carboxylic acids is 3. The van der Waals surface area contributed by atoms with Gasteiger partial charge in [0.05, 0.1) is 13.0 Å². The van der Waals surface area contributed by atoms with Gasteiger partial charge in [-0.15, -0.1) is 0 Å².